The lowest BCUT2D eigenvalue weighted by Gasteiger charge is -2.06. The van der Waals surface area contributed by atoms with Crippen LogP contribution < -0.4 is 5.32 Å². The van der Waals surface area contributed by atoms with Crippen LogP contribution in [0.5, 0.6) is 0 Å². The van der Waals surface area contributed by atoms with E-state index in [1.165, 1.54) is 35.2 Å². The number of thioether (sulfide) groups is 1. The van der Waals surface area contributed by atoms with E-state index >= 15 is 0 Å². The minimum absolute atomic E-state index is 0.0383. The summed E-state index contributed by atoms with van der Waals surface area (Å²) in [4.78, 5) is -0.0383. The second-order valence-electron chi connectivity index (χ2n) is 3.56. The van der Waals surface area contributed by atoms with Gasteiger partial charge in [0.05, 0.1) is 4.90 Å². The topological polar surface area (TPSA) is 37.8 Å². The largest absolute Gasteiger partial charge is 0.316 e. The molecule has 0 spiro atoms. The lowest BCUT2D eigenvalue weighted by molar-refractivity contribution is 0.536. The van der Waals surface area contributed by atoms with Crippen LogP contribution in [0.1, 0.15) is 5.56 Å². The molecule has 0 atom stereocenters. The van der Waals surface area contributed by atoms with Crippen molar-refractivity contribution >= 4 is 34.9 Å². The van der Waals surface area contributed by atoms with Crippen molar-refractivity contribution in [3.63, 3.8) is 0 Å². The van der Waals surface area contributed by atoms with Crippen LogP contribution in [0.4, 0.5) is 8.78 Å². The first-order chi connectivity index (χ1) is 9.13. The lowest BCUT2D eigenvalue weighted by Crippen LogP contribution is -2.06. The van der Waals surface area contributed by atoms with E-state index in [4.69, 9.17) is 0 Å². The van der Waals surface area contributed by atoms with Crippen LogP contribution in [0.2, 0.25) is 0 Å². The molecule has 102 valence electrons. The van der Waals surface area contributed by atoms with Crippen molar-refractivity contribution in [1.82, 2.24) is 15.5 Å². The predicted octanol–water partition coefficient (Wildman–Crippen LogP) is 3.41. The van der Waals surface area contributed by atoms with Crippen LogP contribution >= 0.6 is 34.9 Å². The summed E-state index contributed by atoms with van der Waals surface area (Å²) in [7, 11) is 1.73. The van der Waals surface area contributed by atoms with Crippen LogP contribution in [0.15, 0.2) is 25.7 Å². The molecule has 0 aliphatic heterocycles. The van der Waals surface area contributed by atoms with E-state index in [1.54, 1.807) is 7.05 Å². The first-order valence-electron chi connectivity index (χ1n) is 5.32. The SMILES string of the molecule is CNCc1cc(F)c(Sc2nnc(SC)s2)c(F)c1. The second kappa shape index (κ2) is 6.65. The Hall–Kier alpha value is -0.700. The van der Waals surface area contributed by atoms with Gasteiger partial charge in [0.2, 0.25) is 0 Å². The van der Waals surface area contributed by atoms with E-state index < -0.39 is 11.6 Å². The molecule has 1 aromatic heterocycles. The van der Waals surface area contributed by atoms with Crippen LogP contribution in [0.3, 0.4) is 0 Å². The summed E-state index contributed by atoms with van der Waals surface area (Å²) in [5, 5.41) is 10.6. The molecule has 1 heterocycles. The van der Waals surface area contributed by atoms with Gasteiger partial charge in [-0.05, 0) is 31.0 Å². The Morgan fingerprint density at radius 3 is 2.37 bits per heavy atom. The van der Waals surface area contributed by atoms with Crippen molar-refractivity contribution in [1.29, 1.82) is 0 Å². The summed E-state index contributed by atoms with van der Waals surface area (Å²) >= 11 is 3.74. The maximum absolute atomic E-state index is 13.9. The van der Waals surface area contributed by atoms with E-state index in [-0.39, 0.29) is 4.90 Å². The molecule has 1 aromatic carbocycles. The number of hydrogen-bond acceptors (Lipinski definition) is 6. The van der Waals surface area contributed by atoms with Crippen molar-refractivity contribution < 1.29 is 8.78 Å². The zero-order valence-corrected chi connectivity index (χ0v) is 12.7. The number of benzene rings is 1. The fourth-order valence-electron chi connectivity index (χ4n) is 1.42. The van der Waals surface area contributed by atoms with Crippen molar-refractivity contribution in [2.45, 2.75) is 20.1 Å². The summed E-state index contributed by atoms with van der Waals surface area (Å²) in [6.45, 7) is 0.425. The Morgan fingerprint density at radius 1 is 1.21 bits per heavy atom. The van der Waals surface area contributed by atoms with Crippen molar-refractivity contribution in [3.05, 3.63) is 29.3 Å². The molecular weight excluding hydrogens is 308 g/mol. The Morgan fingerprint density at radius 2 is 1.84 bits per heavy atom. The molecule has 0 aliphatic rings. The maximum Gasteiger partial charge on any atom is 0.180 e. The van der Waals surface area contributed by atoms with Crippen molar-refractivity contribution in [3.8, 4) is 0 Å². The van der Waals surface area contributed by atoms with Crippen molar-refractivity contribution in [2.24, 2.45) is 0 Å². The molecule has 3 nitrogen and oxygen atoms in total. The highest BCUT2D eigenvalue weighted by molar-refractivity contribution is 8.03. The normalized spacial score (nSPS) is 10.9. The third-order valence-electron chi connectivity index (χ3n) is 2.19. The van der Waals surface area contributed by atoms with Gasteiger partial charge in [-0.15, -0.1) is 10.2 Å². The summed E-state index contributed by atoms with van der Waals surface area (Å²) in [5.74, 6) is -1.15. The smallest absolute Gasteiger partial charge is 0.180 e. The molecule has 0 amide bonds. The van der Waals surface area contributed by atoms with Gasteiger partial charge < -0.3 is 5.32 Å². The number of halogens is 2. The monoisotopic (exact) mass is 319 g/mol. The van der Waals surface area contributed by atoms with E-state index in [0.29, 0.717) is 16.4 Å². The zero-order valence-electron chi connectivity index (χ0n) is 10.2. The van der Waals surface area contributed by atoms with E-state index in [0.717, 1.165) is 16.1 Å². The highest BCUT2D eigenvalue weighted by Crippen LogP contribution is 2.36. The fraction of sp³-hybridized carbons (Fsp3) is 0.273. The molecule has 0 bridgehead atoms. The highest BCUT2D eigenvalue weighted by atomic mass is 32.2. The average molecular weight is 319 g/mol. The highest BCUT2D eigenvalue weighted by Gasteiger charge is 2.15. The first-order valence-corrected chi connectivity index (χ1v) is 8.17. The minimum Gasteiger partial charge on any atom is -0.316 e. The van der Waals surface area contributed by atoms with Gasteiger partial charge in [-0.1, -0.05) is 34.9 Å². The summed E-state index contributed by atoms with van der Waals surface area (Å²) in [6, 6.07) is 2.66. The first kappa shape index (κ1) is 14.7. The van der Waals surface area contributed by atoms with Crippen LogP contribution in [0.25, 0.3) is 0 Å². The minimum atomic E-state index is -0.573. The molecule has 2 rings (SSSR count). The van der Waals surface area contributed by atoms with Gasteiger partial charge in [-0.2, -0.15) is 0 Å². The number of aromatic nitrogens is 2. The number of hydrogen-bond donors (Lipinski definition) is 1. The molecular formula is C11H11F2N3S3. The molecule has 0 saturated heterocycles. The predicted molar refractivity (Wildman–Crippen MR) is 74.9 cm³/mol. The van der Waals surface area contributed by atoms with Gasteiger partial charge in [-0.3, -0.25) is 0 Å². The molecule has 0 radical (unpaired) electrons. The Kier molecular flexibility index (Phi) is 5.14. The molecule has 2 aromatic rings. The van der Waals surface area contributed by atoms with Crippen LogP contribution in [-0.4, -0.2) is 23.5 Å². The average Bonchev–Trinajstić information content (AvgIpc) is 2.82. The molecule has 1 N–H and O–H groups in total. The number of nitrogens with one attached hydrogen (secondary N) is 1. The zero-order chi connectivity index (χ0) is 13.8. The summed E-state index contributed by atoms with van der Waals surface area (Å²) in [5.41, 5.74) is 0.573. The molecule has 0 fully saturated rings. The van der Waals surface area contributed by atoms with E-state index in [2.05, 4.69) is 15.5 Å². The Balaban J connectivity index is 2.24. The Bertz CT molecular complexity index is 551. The van der Waals surface area contributed by atoms with Crippen molar-refractivity contribution in [2.75, 3.05) is 13.3 Å². The maximum atomic E-state index is 13.9. The van der Waals surface area contributed by atoms with Crippen LogP contribution in [0, 0.1) is 11.6 Å². The third kappa shape index (κ3) is 3.65. The third-order valence-corrected chi connectivity index (χ3v) is 5.23. The van der Waals surface area contributed by atoms with Gasteiger partial charge in [0.1, 0.15) is 11.6 Å². The molecule has 0 aliphatic carbocycles. The fourth-order valence-corrected chi connectivity index (χ4v) is 3.81. The van der Waals surface area contributed by atoms with Gasteiger partial charge in [0.15, 0.2) is 8.68 Å². The van der Waals surface area contributed by atoms with Gasteiger partial charge in [-0.25, -0.2) is 8.78 Å². The standard InChI is InChI=1S/C11H11F2N3S3/c1-14-5-6-3-7(12)9(8(13)4-6)18-11-16-15-10(17-2)19-11/h3-4,14H,5H2,1-2H3. The number of rotatable bonds is 5. The van der Waals surface area contributed by atoms with E-state index in [9.17, 15) is 8.78 Å². The van der Waals surface area contributed by atoms with Gasteiger partial charge in [0, 0.05) is 6.54 Å². The number of nitrogens with zero attached hydrogens (tertiary/aromatic N) is 2. The van der Waals surface area contributed by atoms with E-state index in [1.807, 2.05) is 6.26 Å². The Labute approximate surface area is 122 Å². The quantitative estimate of drug-likeness (QED) is 0.855. The molecule has 19 heavy (non-hydrogen) atoms. The van der Waals surface area contributed by atoms with Gasteiger partial charge in [0.25, 0.3) is 0 Å². The summed E-state index contributed by atoms with van der Waals surface area (Å²) in [6.07, 6.45) is 1.88. The molecule has 0 saturated carbocycles. The van der Waals surface area contributed by atoms with Gasteiger partial charge >= 0.3 is 0 Å². The van der Waals surface area contributed by atoms with Crippen LogP contribution in [-0.2, 0) is 6.54 Å². The molecule has 8 heteroatoms. The molecule has 0 unspecified atom stereocenters. The second-order valence-corrected chi connectivity index (χ2v) is 6.85. The summed E-state index contributed by atoms with van der Waals surface area (Å²) < 4.78 is 29.0. The lowest BCUT2D eigenvalue weighted by atomic mass is 10.2.